The van der Waals surface area contributed by atoms with Crippen LogP contribution < -0.4 is 24.4 Å². The van der Waals surface area contributed by atoms with Crippen molar-refractivity contribution in [3.8, 4) is 11.5 Å². The Morgan fingerprint density at radius 1 is 0.977 bits per heavy atom. The van der Waals surface area contributed by atoms with Gasteiger partial charge in [0.2, 0.25) is 0 Å². The molecule has 3 heterocycles. The molecule has 0 aliphatic carbocycles. The number of ether oxygens (including phenoxy) is 3. The summed E-state index contributed by atoms with van der Waals surface area (Å²) >= 11 is 1.32. The molecule has 44 heavy (non-hydrogen) atoms. The number of hydrogen-bond donors (Lipinski definition) is 0. The molecule has 0 saturated carbocycles. The highest BCUT2D eigenvalue weighted by molar-refractivity contribution is 7.07. The number of rotatable bonds is 9. The minimum atomic E-state index is -0.802. The van der Waals surface area contributed by atoms with Gasteiger partial charge < -0.3 is 18.8 Å². The van der Waals surface area contributed by atoms with E-state index in [4.69, 9.17) is 19.2 Å². The number of allylic oxidation sites excluding steroid dienone is 1. The average molecular weight is 610 g/mol. The molecule has 0 fully saturated rings. The van der Waals surface area contributed by atoms with E-state index in [0.717, 1.165) is 29.4 Å². The van der Waals surface area contributed by atoms with Gasteiger partial charge in [-0.25, -0.2) is 9.79 Å². The molecule has 2 aromatic heterocycles. The summed E-state index contributed by atoms with van der Waals surface area (Å²) in [5.41, 5.74) is 4.59. The Balaban J connectivity index is 1.60. The third-order valence-electron chi connectivity index (χ3n) is 8.03. The number of carbonyl (C=O) groups is 1. The molecule has 9 heteroatoms. The first-order valence-electron chi connectivity index (χ1n) is 14.9. The van der Waals surface area contributed by atoms with Crippen molar-refractivity contribution in [3.63, 3.8) is 0 Å². The highest BCUT2D eigenvalue weighted by atomic mass is 32.1. The molecule has 226 valence electrons. The van der Waals surface area contributed by atoms with E-state index in [1.807, 2.05) is 31.2 Å². The monoisotopic (exact) mass is 609 g/mol. The molecule has 0 unspecified atom stereocenters. The summed E-state index contributed by atoms with van der Waals surface area (Å²) in [7, 11) is 3.15. The number of aryl methyl sites for hydroxylation is 1. The Kier molecular flexibility index (Phi) is 8.14. The van der Waals surface area contributed by atoms with Gasteiger partial charge in [0, 0.05) is 33.9 Å². The third kappa shape index (κ3) is 4.91. The fourth-order valence-electron chi connectivity index (χ4n) is 6.12. The molecule has 1 aliphatic heterocycles. The Morgan fingerprint density at radius 2 is 1.77 bits per heavy atom. The molecule has 5 aromatic rings. The van der Waals surface area contributed by atoms with E-state index in [1.165, 1.54) is 22.2 Å². The molecular formula is C35H35N3O5S. The second-order valence-electron chi connectivity index (χ2n) is 10.6. The maximum atomic E-state index is 14.3. The van der Waals surface area contributed by atoms with Crippen molar-refractivity contribution in [2.24, 2.45) is 4.99 Å². The molecular weight excluding hydrogens is 574 g/mol. The van der Waals surface area contributed by atoms with E-state index >= 15 is 0 Å². The normalized spacial score (nSPS) is 15.0. The molecule has 0 amide bonds. The van der Waals surface area contributed by atoms with Gasteiger partial charge in [0.25, 0.3) is 5.56 Å². The minimum absolute atomic E-state index is 0.199. The lowest BCUT2D eigenvalue weighted by atomic mass is 9.93. The number of carbonyl (C=O) groups excluding carboxylic acids is 1. The van der Waals surface area contributed by atoms with Gasteiger partial charge in [0.15, 0.2) is 4.80 Å². The Labute approximate surface area is 259 Å². The zero-order valence-electron chi connectivity index (χ0n) is 25.5. The van der Waals surface area contributed by atoms with Crippen LogP contribution in [0.1, 0.15) is 50.8 Å². The second kappa shape index (κ2) is 12.2. The molecule has 8 nitrogen and oxygen atoms in total. The largest absolute Gasteiger partial charge is 0.497 e. The summed E-state index contributed by atoms with van der Waals surface area (Å²) in [6.07, 6.45) is 3.23. The molecule has 0 radical (unpaired) electrons. The summed E-state index contributed by atoms with van der Waals surface area (Å²) in [5.74, 6) is 0.615. The second-order valence-corrected chi connectivity index (χ2v) is 11.6. The number of para-hydroxylation sites is 1. The fourth-order valence-corrected chi connectivity index (χ4v) is 7.14. The van der Waals surface area contributed by atoms with Crippen LogP contribution in [0.3, 0.4) is 0 Å². The van der Waals surface area contributed by atoms with Gasteiger partial charge in [0.1, 0.15) is 17.5 Å². The first-order chi connectivity index (χ1) is 21.4. The molecule has 1 aliphatic rings. The zero-order valence-corrected chi connectivity index (χ0v) is 26.4. The third-order valence-corrected chi connectivity index (χ3v) is 9.02. The number of nitrogens with zero attached hydrogens (tertiary/aromatic N) is 3. The van der Waals surface area contributed by atoms with Crippen molar-refractivity contribution in [1.82, 2.24) is 9.13 Å². The van der Waals surface area contributed by atoms with Crippen LogP contribution in [0.4, 0.5) is 0 Å². The maximum absolute atomic E-state index is 14.3. The highest BCUT2D eigenvalue weighted by Gasteiger charge is 2.36. The number of fused-ring (bicyclic) bond motifs is 4. The number of aromatic nitrogens is 2. The summed E-state index contributed by atoms with van der Waals surface area (Å²) in [5, 5.41) is 2.31. The van der Waals surface area contributed by atoms with Gasteiger partial charge in [-0.05, 0) is 68.3 Å². The predicted molar refractivity (Wildman–Crippen MR) is 174 cm³/mol. The maximum Gasteiger partial charge on any atom is 0.338 e. The van der Waals surface area contributed by atoms with Gasteiger partial charge in [-0.2, -0.15) is 0 Å². The number of hydrogen-bond acceptors (Lipinski definition) is 7. The topological polar surface area (TPSA) is 84.0 Å². The van der Waals surface area contributed by atoms with E-state index in [2.05, 4.69) is 41.8 Å². The van der Waals surface area contributed by atoms with E-state index < -0.39 is 12.0 Å². The van der Waals surface area contributed by atoms with Crippen molar-refractivity contribution < 1.29 is 19.0 Å². The number of methoxy groups -OCH3 is 2. The van der Waals surface area contributed by atoms with Crippen LogP contribution in [0.25, 0.3) is 27.9 Å². The predicted octanol–water partition coefficient (Wildman–Crippen LogP) is 5.72. The van der Waals surface area contributed by atoms with Gasteiger partial charge in [0.05, 0.1) is 36.6 Å². The Hall–Kier alpha value is -4.63. The van der Waals surface area contributed by atoms with E-state index in [0.29, 0.717) is 44.1 Å². The lowest BCUT2D eigenvalue weighted by molar-refractivity contribution is -0.139. The molecule has 6 rings (SSSR count). The molecule has 3 aromatic carbocycles. The van der Waals surface area contributed by atoms with Crippen LogP contribution in [0.5, 0.6) is 11.5 Å². The van der Waals surface area contributed by atoms with Gasteiger partial charge in [-0.15, -0.1) is 0 Å². The standard InChI is InChI=1S/C35H35N3O5S/c1-6-11-26-31(34(40)43-8-3)32(25-20-22(41-4)15-17-29(25)42-5)38-33(39)30(44-35(38)36-26)19-21-14-16-28-24(18-21)23-12-9-10-13-27(23)37(28)7-2/h9-10,12-20,32H,6-8,11H2,1-5H3/b30-19+/t32-/m0/s1. The van der Waals surface area contributed by atoms with Gasteiger partial charge >= 0.3 is 5.97 Å². The van der Waals surface area contributed by atoms with E-state index in [1.54, 1.807) is 37.8 Å². The first kappa shape index (κ1) is 29.4. The number of benzene rings is 3. The van der Waals surface area contributed by atoms with Crippen molar-refractivity contribution in [2.75, 3.05) is 20.8 Å². The molecule has 0 N–H and O–H groups in total. The minimum Gasteiger partial charge on any atom is -0.497 e. The van der Waals surface area contributed by atoms with Crippen LogP contribution in [-0.2, 0) is 16.1 Å². The van der Waals surface area contributed by atoms with Crippen LogP contribution in [0, 0.1) is 0 Å². The molecule has 0 bridgehead atoms. The summed E-state index contributed by atoms with van der Waals surface area (Å²) in [4.78, 5) is 33.3. The van der Waals surface area contributed by atoms with E-state index in [-0.39, 0.29) is 12.2 Å². The lowest BCUT2D eigenvalue weighted by Gasteiger charge is -2.27. The van der Waals surface area contributed by atoms with Crippen LogP contribution in [0.2, 0.25) is 0 Å². The van der Waals surface area contributed by atoms with E-state index in [9.17, 15) is 9.59 Å². The molecule has 0 spiro atoms. The van der Waals surface area contributed by atoms with Crippen molar-refractivity contribution in [3.05, 3.63) is 103 Å². The molecule has 0 saturated heterocycles. The van der Waals surface area contributed by atoms with Gasteiger partial charge in [-0.3, -0.25) is 9.36 Å². The van der Waals surface area contributed by atoms with Crippen molar-refractivity contribution in [2.45, 2.75) is 46.2 Å². The summed E-state index contributed by atoms with van der Waals surface area (Å²) in [6.45, 7) is 7.01. The van der Waals surface area contributed by atoms with Crippen LogP contribution >= 0.6 is 11.3 Å². The highest BCUT2D eigenvalue weighted by Crippen LogP contribution is 2.39. The summed E-state index contributed by atoms with van der Waals surface area (Å²) in [6, 6.07) is 19.3. The Bertz CT molecular complexity index is 2120. The van der Waals surface area contributed by atoms with Crippen LogP contribution in [-0.4, -0.2) is 35.9 Å². The van der Waals surface area contributed by atoms with Crippen molar-refractivity contribution >= 4 is 45.2 Å². The smallest absolute Gasteiger partial charge is 0.338 e. The fraction of sp³-hybridized carbons (Fsp3) is 0.286. The quantitative estimate of drug-likeness (QED) is 0.200. The summed E-state index contributed by atoms with van der Waals surface area (Å²) < 4.78 is 21.2. The number of thiazole rings is 1. The molecule has 1 atom stereocenters. The Morgan fingerprint density at radius 3 is 2.50 bits per heavy atom. The SMILES string of the molecule is CCCC1=C(C(=O)OCC)[C@H](c2cc(OC)ccc2OC)n2c(s/c(=C/c3ccc4c(c3)c3ccccc3n4CC)c2=O)=N1. The van der Waals surface area contributed by atoms with Crippen LogP contribution in [0.15, 0.2) is 81.7 Å². The zero-order chi connectivity index (χ0) is 31.0. The van der Waals surface area contributed by atoms with Gasteiger partial charge in [-0.1, -0.05) is 48.9 Å². The average Bonchev–Trinajstić information content (AvgIpc) is 3.53. The van der Waals surface area contributed by atoms with Crippen molar-refractivity contribution in [1.29, 1.82) is 0 Å². The lowest BCUT2D eigenvalue weighted by Crippen LogP contribution is -2.40. The first-order valence-corrected chi connectivity index (χ1v) is 15.7. The number of esters is 1.